The molecule has 21 heavy (non-hydrogen) atoms. The number of rotatable bonds is 3. The highest BCUT2D eigenvalue weighted by Gasteiger charge is 2.19. The first kappa shape index (κ1) is 15.6. The Kier molecular flexibility index (Phi) is 5.03. The molecule has 0 saturated carbocycles. The molecule has 0 N–H and O–H groups in total. The summed E-state index contributed by atoms with van der Waals surface area (Å²) < 4.78 is 0. The van der Waals surface area contributed by atoms with Gasteiger partial charge in [-0.2, -0.15) is 0 Å². The monoisotopic (exact) mass is 296 g/mol. The van der Waals surface area contributed by atoms with Crippen LogP contribution in [0.25, 0.3) is 12.2 Å². The molecule has 0 bridgehead atoms. The summed E-state index contributed by atoms with van der Waals surface area (Å²) in [5.41, 5.74) is 3.41. The number of benzene rings is 2. The quantitative estimate of drug-likeness (QED) is 0.575. The Morgan fingerprint density at radius 1 is 0.762 bits per heavy atom. The number of halogens is 1. The van der Waals surface area contributed by atoms with Gasteiger partial charge in [0.15, 0.2) is 0 Å². The van der Waals surface area contributed by atoms with E-state index >= 15 is 0 Å². The maximum Gasteiger partial charge on any atom is 0.0449 e. The van der Waals surface area contributed by atoms with Crippen molar-refractivity contribution in [2.75, 3.05) is 0 Å². The van der Waals surface area contributed by atoms with Crippen molar-refractivity contribution in [3.05, 3.63) is 82.4 Å². The largest absolute Gasteiger partial charge is 0.0840 e. The van der Waals surface area contributed by atoms with Crippen molar-refractivity contribution in [1.82, 2.24) is 0 Å². The lowest BCUT2D eigenvalue weighted by atomic mass is 9.84. The summed E-state index contributed by atoms with van der Waals surface area (Å²) in [5.74, 6) is 0. The van der Waals surface area contributed by atoms with Crippen molar-refractivity contribution < 1.29 is 0 Å². The maximum atomic E-state index is 6.61. The van der Waals surface area contributed by atoms with Crippen LogP contribution in [0.1, 0.15) is 31.9 Å². The average molecular weight is 297 g/mol. The Balaban J connectivity index is 2.42. The van der Waals surface area contributed by atoms with Crippen LogP contribution in [0.15, 0.2) is 71.3 Å². The van der Waals surface area contributed by atoms with E-state index in [9.17, 15) is 0 Å². The Morgan fingerprint density at radius 3 is 1.62 bits per heavy atom. The molecule has 0 aliphatic rings. The summed E-state index contributed by atoms with van der Waals surface area (Å²) in [6.45, 7) is 6.55. The molecular formula is C20H21Cl. The van der Waals surface area contributed by atoms with Crippen LogP contribution < -0.4 is 0 Å². The van der Waals surface area contributed by atoms with Crippen LogP contribution in [0.3, 0.4) is 0 Å². The van der Waals surface area contributed by atoms with E-state index in [1.165, 1.54) is 5.56 Å². The molecule has 1 heteroatoms. The SMILES string of the molecule is CC(C)(C)C(=Cc1ccccc1)C(Cl)=Cc1ccccc1. The summed E-state index contributed by atoms with van der Waals surface area (Å²) in [6, 6.07) is 20.5. The molecule has 0 fully saturated rings. The summed E-state index contributed by atoms with van der Waals surface area (Å²) >= 11 is 6.61. The topological polar surface area (TPSA) is 0 Å². The molecule has 0 aliphatic carbocycles. The molecule has 0 atom stereocenters. The van der Waals surface area contributed by atoms with E-state index in [4.69, 9.17) is 11.6 Å². The third-order valence-corrected chi connectivity index (χ3v) is 3.58. The molecule has 0 heterocycles. The minimum atomic E-state index is -0.0157. The Hall–Kier alpha value is -1.79. The van der Waals surface area contributed by atoms with Crippen LogP contribution in [0.5, 0.6) is 0 Å². The molecular weight excluding hydrogens is 276 g/mol. The van der Waals surface area contributed by atoms with Gasteiger partial charge >= 0.3 is 0 Å². The van der Waals surface area contributed by atoms with Crippen LogP contribution in [-0.4, -0.2) is 0 Å². The second-order valence-corrected chi connectivity index (χ2v) is 6.53. The van der Waals surface area contributed by atoms with Gasteiger partial charge in [-0.25, -0.2) is 0 Å². The van der Waals surface area contributed by atoms with Crippen LogP contribution in [0, 0.1) is 5.41 Å². The van der Waals surface area contributed by atoms with Crippen molar-refractivity contribution in [3.63, 3.8) is 0 Å². The highest BCUT2D eigenvalue weighted by Crippen LogP contribution is 2.35. The molecule has 0 saturated heterocycles. The smallest absolute Gasteiger partial charge is 0.0449 e. The van der Waals surface area contributed by atoms with Crippen molar-refractivity contribution in [3.8, 4) is 0 Å². The first-order valence-electron chi connectivity index (χ1n) is 7.17. The van der Waals surface area contributed by atoms with Crippen LogP contribution in [0.2, 0.25) is 0 Å². The fraction of sp³-hybridized carbons (Fsp3) is 0.200. The molecule has 0 aliphatic heterocycles. The summed E-state index contributed by atoms with van der Waals surface area (Å²) in [6.07, 6.45) is 4.20. The lowest BCUT2D eigenvalue weighted by Crippen LogP contribution is -2.09. The van der Waals surface area contributed by atoms with Gasteiger partial charge in [0.05, 0.1) is 0 Å². The average Bonchev–Trinajstić information content (AvgIpc) is 2.45. The fourth-order valence-corrected chi connectivity index (χ4v) is 2.60. The van der Waals surface area contributed by atoms with E-state index in [1.54, 1.807) is 0 Å². The van der Waals surface area contributed by atoms with E-state index in [2.05, 4.69) is 51.1 Å². The van der Waals surface area contributed by atoms with Gasteiger partial charge in [0.25, 0.3) is 0 Å². The fourth-order valence-electron chi connectivity index (χ4n) is 2.13. The molecule has 0 spiro atoms. The summed E-state index contributed by atoms with van der Waals surface area (Å²) in [4.78, 5) is 0. The molecule has 2 aromatic rings. The molecule has 2 aromatic carbocycles. The van der Waals surface area contributed by atoms with Gasteiger partial charge in [0.1, 0.15) is 0 Å². The van der Waals surface area contributed by atoms with Crippen molar-refractivity contribution in [2.45, 2.75) is 20.8 Å². The van der Waals surface area contributed by atoms with Crippen LogP contribution in [-0.2, 0) is 0 Å². The molecule has 0 nitrogen and oxygen atoms in total. The molecule has 0 aromatic heterocycles. The van der Waals surface area contributed by atoms with Gasteiger partial charge in [0, 0.05) is 5.03 Å². The second kappa shape index (κ2) is 6.78. The minimum absolute atomic E-state index is 0.0157. The summed E-state index contributed by atoms with van der Waals surface area (Å²) in [5, 5.41) is 0.789. The van der Waals surface area contributed by atoms with Crippen molar-refractivity contribution in [1.29, 1.82) is 0 Å². The molecule has 2 rings (SSSR count). The summed E-state index contributed by atoms with van der Waals surface area (Å²) in [7, 11) is 0. The zero-order valence-electron chi connectivity index (χ0n) is 12.8. The van der Waals surface area contributed by atoms with Gasteiger partial charge in [-0.15, -0.1) is 0 Å². The predicted octanol–water partition coefficient (Wildman–Crippen LogP) is 6.40. The van der Waals surface area contributed by atoms with E-state index in [0.717, 1.165) is 16.2 Å². The Morgan fingerprint density at radius 2 is 1.19 bits per heavy atom. The number of allylic oxidation sites excluding steroid dienone is 2. The Labute approximate surface area is 132 Å². The standard InChI is InChI=1S/C20H21Cl/c1-20(2,3)18(14-16-10-6-4-7-11-16)19(21)15-17-12-8-5-9-13-17/h4-15H,1-3H3. The van der Waals surface area contributed by atoms with Gasteiger partial charge in [-0.05, 0) is 34.3 Å². The molecule has 0 unspecified atom stereocenters. The van der Waals surface area contributed by atoms with Crippen molar-refractivity contribution in [2.24, 2.45) is 5.41 Å². The second-order valence-electron chi connectivity index (χ2n) is 6.12. The van der Waals surface area contributed by atoms with Crippen LogP contribution in [0.4, 0.5) is 0 Å². The molecule has 0 radical (unpaired) electrons. The minimum Gasteiger partial charge on any atom is -0.0840 e. The maximum absolute atomic E-state index is 6.61. The van der Waals surface area contributed by atoms with E-state index < -0.39 is 0 Å². The lowest BCUT2D eigenvalue weighted by Gasteiger charge is -2.23. The number of hydrogen-bond acceptors (Lipinski definition) is 0. The van der Waals surface area contributed by atoms with Gasteiger partial charge < -0.3 is 0 Å². The van der Waals surface area contributed by atoms with Gasteiger partial charge in [-0.3, -0.25) is 0 Å². The third kappa shape index (κ3) is 4.61. The third-order valence-electron chi connectivity index (χ3n) is 3.27. The highest BCUT2D eigenvalue weighted by molar-refractivity contribution is 6.34. The Bertz CT molecular complexity index is 629. The normalized spacial score (nSPS) is 13.3. The lowest BCUT2D eigenvalue weighted by molar-refractivity contribution is 0.519. The van der Waals surface area contributed by atoms with Crippen LogP contribution >= 0.6 is 11.6 Å². The van der Waals surface area contributed by atoms with Gasteiger partial charge in [-0.1, -0.05) is 93.0 Å². The zero-order chi connectivity index (χ0) is 15.3. The first-order valence-corrected chi connectivity index (χ1v) is 7.54. The predicted molar refractivity (Wildman–Crippen MR) is 94.1 cm³/mol. The van der Waals surface area contributed by atoms with Gasteiger partial charge in [0.2, 0.25) is 0 Å². The van der Waals surface area contributed by atoms with E-state index in [1.807, 2.05) is 42.5 Å². The first-order chi connectivity index (χ1) is 9.97. The molecule has 0 amide bonds. The highest BCUT2D eigenvalue weighted by atomic mass is 35.5. The van der Waals surface area contributed by atoms with E-state index in [0.29, 0.717) is 0 Å². The molecule has 108 valence electrons. The zero-order valence-corrected chi connectivity index (χ0v) is 13.6. The number of hydrogen-bond donors (Lipinski definition) is 0. The van der Waals surface area contributed by atoms with E-state index in [-0.39, 0.29) is 5.41 Å². The van der Waals surface area contributed by atoms with Crippen molar-refractivity contribution >= 4 is 23.8 Å².